The summed E-state index contributed by atoms with van der Waals surface area (Å²) in [5.41, 5.74) is 2.88. The van der Waals surface area contributed by atoms with Gasteiger partial charge in [0.15, 0.2) is 5.69 Å². The molecule has 0 fully saturated rings. The first-order chi connectivity index (χ1) is 9.31. The van der Waals surface area contributed by atoms with E-state index in [0.717, 1.165) is 17.0 Å². The second-order valence-corrected chi connectivity index (χ2v) is 5.29. The van der Waals surface area contributed by atoms with Crippen LogP contribution in [0.5, 0.6) is 0 Å². The fourth-order valence-corrected chi connectivity index (χ4v) is 2.36. The topological polar surface area (TPSA) is 64.7 Å². The lowest BCUT2D eigenvalue weighted by molar-refractivity contribution is 0.0934. The summed E-state index contributed by atoms with van der Waals surface area (Å²) < 4.78 is 3.32. The number of halogens is 1. The van der Waals surface area contributed by atoms with E-state index in [4.69, 9.17) is 11.6 Å². The smallest absolute Gasteiger partial charge is 0.273 e. The van der Waals surface area contributed by atoms with E-state index >= 15 is 0 Å². The molecule has 2 aromatic rings. The minimum Gasteiger partial charge on any atom is -0.344 e. The SMILES string of the molecule is Cc1nn(C)cc1[C@@H](C)NC(=O)c1nn(C)c(C)c1Cl. The molecule has 7 heteroatoms. The van der Waals surface area contributed by atoms with Gasteiger partial charge in [0, 0.05) is 25.9 Å². The molecule has 0 aliphatic carbocycles. The van der Waals surface area contributed by atoms with E-state index in [0.29, 0.717) is 5.02 Å². The number of amides is 1. The zero-order valence-corrected chi connectivity index (χ0v) is 13.0. The third-order valence-electron chi connectivity index (χ3n) is 3.34. The van der Waals surface area contributed by atoms with Crippen molar-refractivity contribution in [2.75, 3.05) is 0 Å². The van der Waals surface area contributed by atoms with Crippen molar-refractivity contribution in [2.45, 2.75) is 26.8 Å². The van der Waals surface area contributed by atoms with Crippen LogP contribution in [0.2, 0.25) is 5.02 Å². The number of aromatic nitrogens is 4. The van der Waals surface area contributed by atoms with Crippen molar-refractivity contribution in [1.82, 2.24) is 24.9 Å². The second kappa shape index (κ2) is 5.28. The van der Waals surface area contributed by atoms with Crippen molar-refractivity contribution in [1.29, 1.82) is 0 Å². The van der Waals surface area contributed by atoms with Crippen LogP contribution in [0.1, 0.15) is 40.4 Å². The Balaban J connectivity index is 2.19. The molecule has 2 aromatic heterocycles. The Hall–Kier alpha value is -1.82. The van der Waals surface area contributed by atoms with Crippen LogP contribution in [-0.2, 0) is 14.1 Å². The molecule has 0 unspecified atom stereocenters. The van der Waals surface area contributed by atoms with Crippen LogP contribution in [0.15, 0.2) is 6.20 Å². The minimum absolute atomic E-state index is 0.158. The number of hydrogen-bond acceptors (Lipinski definition) is 3. The highest BCUT2D eigenvalue weighted by Crippen LogP contribution is 2.21. The molecule has 1 N–H and O–H groups in total. The van der Waals surface area contributed by atoms with Gasteiger partial charge in [-0.1, -0.05) is 11.6 Å². The number of carbonyl (C=O) groups excluding carboxylic acids is 1. The lowest BCUT2D eigenvalue weighted by atomic mass is 10.1. The Kier molecular flexibility index (Phi) is 3.85. The van der Waals surface area contributed by atoms with Crippen molar-refractivity contribution in [3.05, 3.63) is 33.9 Å². The summed E-state index contributed by atoms with van der Waals surface area (Å²) in [6, 6.07) is -0.158. The number of aryl methyl sites for hydroxylation is 3. The minimum atomic E-state index is -0.283. The fraction of sp³-hybridized carbons (Fsp3) is 0.462. The summed E-state index contributed by atoms with van der Waals surface area (Å²) in [5, 5.41) is 11.7. The third-order valence-corrected chi connectivity index (χ3v) is 3.79. The molecule has 1 atom stereocenters. The van der Waals surface area contributed by atoms with Crippen molar-refractivity contribution >= 4 is 17.5 Å². The Labute approximate surface area is 122 Å². The summed E-state index contributed by atoms with van der Waals surface area (Å²) in [4.78, 5) is 12.2. The molecule has 0 saturated carbocycles. The molecule has 0 spiro atoms. The van der Waals surface area contributed by atoms with Gasteiger partial charge in [0.05, 0.1) is 22.5 Å². The first-order valence-electron chi connectivity index (χ1n) is 6.31. The largest absolute Gasteiger partial charge is 0.344 e. The second-order valence-electron chi connectivity index (χ2n) is 4.91. The molecule has 0 saturated heterocycles. The molecular weight excluding hydrogens is 278 g/mol. The van der Waals surface area contributed by atoms with Crippen molar-refractivity contribution in [3.8, 4) is 0 Å². The Bertz CT molecular complexity index is 658. The van der Waals surface area contributed by atoms with E-state index in [1.54, 1.807) is 16.4 Å². The van der Waals surface area contributed by atoms with Crippen LogP contribution in [0, 0.1) is 13.8 Å². The average molecular weight is 296 g/mol. The van der Waals surface area contributed by atoms with Crippen LogP contribution in [0.4, 0.5) is 0 Å². The lowest BCUT2D eigenvalue weighted by Crippen LogP contribution is -2.27. The molecule has 0 aliphatic heterocycles. The number of carbonyl (C=O) groups is 1. The molecule has 2 rings (SSSR count). The van der Waals surface area contributed by atoms with Crippen molar-refractivity contribution in [2.24, 2.45) is 14.1 Å². The normalized spacial score (nSPS) is 12.5. The van der Waals surface area contributed by atoms with Gasteiger partial charge in [-0.2, -0.15) is 10.2 Å². The molecule has 0 aromatic carbocycles. The number of rotatable bonds is 3. The maximum atomic E-state index is 12.2. The molecule has 20 heavy (non-hydrogen) atoms. The average Bonchev–Trinajstić information content (AvgIpc) is 2.83. The quantitative estimate of drug-likeness (QED) is 0.941. The van der Waals surface area contributed by atoms with E-state index in [9.17, 15) is 4.79 Å². The molecule has 6 nitrogen and oxygen atoms in total. The highest BCUT2D eigenvalue weighted by molar-refractivity contribution is 6.34. The Morgan fingerprint density at radius 3 is 2.45 bits per heavy atom. The number of nitrogens with one attached hydrogen (secondary N) is 1. The van der Waals surface area contributed by atoms with E-state index in [1.807, 2.05) is 34.0 Å². The number of hydrogen-bond donors (Lipinski definition) is 1. The molecule has 0 bridgehead atoms. The molecular formula is C13H18ClN5O. The van der Waals surface area contributed by atoms with Gasteiger partial charge in [0.25, 0.3) is 5.91 Å². The van der Waals surface area contributed by atoms with E-state index < -0.39 is 0 Å². The Morgan fingerprint density at radius 1 is 1.35 bits per heavy atom. The van der Waals surface area contributed by atoms with Crippen LogP contribution >= 0.6 is 11.6 Å². The highest BCUT2D eigenvalue weighted by atomic mass is 35.5. The van der Waals surface area contributed by atoms with Gasteiger partial charge in [-0.25, -0.2) is 0 Å². The van der Waals surface area contributed by atoms with Crippen LogP contribution < -0.4 is 5.32 Å². The monoisotopic (exact) mass is 295 g/mol. The van der Waals surface area contributed by atoms with Gasteiger partial charge in [0.1, 0.15) is 0 Å². The van der Waals surface area contributed by atoms with Gasteiger partial charge in [-0.3, -0.25) is 14.2 Å². The summed E-state index contributed by atoms with van der Waals surface area (Å²) in [6.45, 7) is 5.64. The lowest BCUT2D eigenvalue weighted by Gasteiger charge is -2.12. The molecule has 2 heterocycles. The maximum absolute atomic E-state index is 12.2. The highest BCUT2D eigenvalue weighted by Gasteiger charge is 2.21. The predicted octanol–water partition coefficient (Wildman–Crippen LogP) is 1.91. The predicted molar refractivity (Wildman–Crippen MR) is 76.8 cm³/mol. The van der Waals surface area contributed by atoms with Gasteiger partial charge < -0.3 is 5.32 Å². The first kappa shape index (κ1) is 14.6. The van der Waals surface area contributed by atoms with Crippen LogP contribution in [0.25, 0.3) is 0 Å². The zero-order chi connectivity index (χ0) is 15.0. The molecule has 0 aliphatic rings. The van der Waals surface area contributed by atoms with Crippen molar-refractivity contribution < 1.29 is 4.79 Å². The summed E-state index contributed by atoms with van der Waals surface area (Å²) >= 11 is 6.11. The third kappa shape index (κ3) is 2.56. The molecule has 1 amide bonds. The maximum Gasteiger partial charge on any atom is 0.273 e. The van der Waals surface area contributed by atoms with Crippen LogP contribution in [0.3, 0.4) is 0 Å². The van der Waals surface area contributed by atoms with Gasteiger partial charge in [-0.05, 0) is 20.8 Å². The summed E-state index contributed by atoms with van der Waals surface area (Å²) in [6.07, 6.45) is 1.89. The van der Waals surface area contributed by atoms with Crippen molar-refractivity contribution in [3.63, 3.8) is 0 Å². The summed E-state index contributed by atoms with van der Waals surface area (Å²) in [7, 11) is 3.61. The zero-order valence-electron chi connectivity index (χ0n) is 12.2. The van der Waals surface area contributed by atoms with Gasteiger partial charge in [-0.15, -0.1) is 0 Å². The summed E-state index contributed by atoms with van der Waals surface area (Å²) in [5.74, 6) is -0.283. The fourth-order valence-electron chi connectivity index (χ4n) is 2.11. The van der Waals surface area contributed by atoms with Crippen LogP contribution in [-0.4, -0.2) is 25.5 Å². The molecule has 108 valence electrons. The molecule has 0 radical (unpaired) electrons. The van der Waals surface area contributed by atoms with Gasteiger partial charge in [0.2, 0.25) is 0 Å². The first-order valence-corrected chi connectivity index (χ1v) is 6.69. The number of nitrogens with zero attached hydrogens (tertiary/aromatic N) is 4. The standard InChI is InChI=1S/C13H18ClN5O/c1-7(10-6-18(4)16-8(10)2)15-13(20)12-11(14)9(3)19(5)17-12/h6-7H,1-5H3,(H,15,20)/t7-/m1/s1. The van der Waals surface area contributed by atoms with E-state index in [-0.39, 0.29) is 17.6 Å². The van der Waals surface area contributed by atoms with E-state index in [2.05, 4.69) is 15.5 Å². The Morgan fingerprint density at radius 2 is 2.00 bits per heavy atom. The van der Waals surface area contributed by atoms with E-state index in [1.165, 1.54) is 0 Å². The van der Waals surface area contributed by atoms with Gasteiger partial charge >= 0.3 is 0 Å².